The molecule has 0 atom stereocenters. The average Bonchev–Trinajstić information content (AvgIpc) is 2.55. The summed E-state index contributed by atoms with van der Waals surface area (Å²) >= 11 is 6.07. The van der Waals surface area contributed by atoms with Gasteiger partial charge in [-0.2, -0.15) is 0 Å². The van der Waals surface area contributed by atoms with Crippen molar-refractivity contribution >= 4 is 41.5 Å². The lowest BCUT2D eigenvalue weighted by atomic mass is 10.1. The predicted octanol–water partition coefficient (Wildman–Crippen LogP) is 4.30. The Morgan fingerprint density at radius 2 is 2.12 bits per heavy atom. The Balaban J connectivity index is 0.00000312. The fourth-order valence-corrected chi connectivity index (χ4v) is 2.73. The van der Waals surface area contributed by atoms with E-state index in [1.807, 2.05) is 37.6 Å². The summed E-state index contributed by atoms with van der Waals surface area (Å²) in [6.07, 6.45) is 4.65. The Morgan fingerprint density at radius 1 is 1.32 bits per heavy atom. The van der Waals surface area contributed by atoms with Gasteiger partial charge in [-0.3, -0.25) is 9.98 Å². The van der Waals surface area contributed by atoms with E-state index in [2.05, 4.69) is 41.2 Å². The SMILES string of the molecule is CCNC(=NCCc1ccncc1C)N(C)Cc1cccc(Cl)c1.I. The molecule has 1 aromatic carbocycles. The summed E-state index contributed by atoms with van der Waals surface area (Å²) in [5.41, 5.74) is 3.67. The van der Waals surface area contributed by atoms with Gasteiger partial charge >= 0.3 is 0 Å². The third-order valence-electron chi connectivity index (χ3n) is 3.78. The Hall–Kier alpha value is -1.34. The number of nitrogens with one attached hydrogen (secondary N) is 1. The zero-order valence-electron chi connectivity index (χ0n) is 15.0. The van der Waals surface area contributed by atoms with Gasteiger partial charge in [0, 0.05) is 44.1 Å². The number of aromatic nitrogens is 1. The van der Waals surface area contributed by atoms with Crippen LogP contribution in [0.15, 0.2) is 47.7 Å². The molecule has 25 heavy (non-hydrogen) atoms. The Bertz CT molecular complexity index is 691. The van der Waals surface area contributed by atoms with Crippen molar-refractivity contribution in [3.05, 3.63) is 64.4 Å². The van der Waals surface area contributed by atoms with E-state index in [1.165, 1.54) is 16.7 Å². The van der Waals surface area contributed by atoms with Gasteiger partial charge in [0.25, 0.3) is 0 Å². The zero-order valence-corrected chi connectivity index (χ0v) is 18.1. The maximum Gasteiger partial charge on any atom is 0.193 e. The van der Waals surface area contributed by atoms with Crippen molar-refractivity contribution in [2.24, 2.45) is 4.99 Å². The number of pyridine rings is 1. The van der Waals surface area contributed by atoms with Crippen LogP contribution in [0.5, 0.6) is 0 Å². The van der Waals surface area contributed by atoms with Crippen LogP contribution in [-0.2, 0) is 13.0 Å². The fraction of sp³-hybridized carbons (Fsp3) is 0.368. The first-order valence-electron chi connectivity index (χ1n) is 8.23. The highest BCUT2D eigenvalue weighted by molar-refractivity contribution is 14.0. The minimum Gasteiger partial charge on any atom is -0.357 e. The highest BCUT2D eigenvalue weighted by Crippen LogP contribution is 2.12. The van der Waals surface area contributed by atoms with Crippen molar-refractivity contribution in [1.29, 1.82) is 0 Å². The van der Waals surface area contributed by atoms with Crippen LogP contribution in [-0.4, -0.2) is 36.0 Å². The molecule has 2 aromatic rings. The van der Waals surface area contributed by atoms with Crippen molar-refractivity contribution in [2.45, 2.75) is 26.8 Å². The van der Waals surface area contributed by atoms with E-state index in [-0.39, 0.29) is 24.0 Å². The van der Waals surface area contributed by atoms with Crippen LogP contribution in [0.1, 0.15) is 23.6 Å². The maximum atomic E-state index is 6.07. The number of guanidine groups is 1. The Morgan fingerprint density at radius 3 is 2.80 bits per heavy atom. The van der Waals surface area contributed by atoms with Crippen molar-refractivity contribution < 1.29 is 0 Å². The highest BCUT2D eigenvalue weighted by Gasteiger charge is 2.07. The van der Waals surface area contributed by atoms with Gasteiger partial charge < -0.3 is 10.2 Å². The standard InChI is InChI=1S/C19H25ClN4.HI/c1-4-22-19(23-11-9-17-8-10-21-13-15(17)2)24(3)14-16-6-5-7-18(20)12-16;/h5-8,10,12-13H,4,9,11,14H2,1-3H3,(H,22,23);1H. The number of hydrogen-bond acceptors (Lipinski definition) is 2. The number of aliphatic imine (C=N–C) groups is 1. The van der Waals surface area contributed by atoms with Crippen molar-refractivity contribution in [3.63, 3.8) is 0 Å². The summed E-state index contributed by atoms with van der Waals surface area (Å²) in [6.45, 7) is 6.51. The third kappa shape index (κ3) is 7.20. The topological polar surface area (TPSA) is 40.5 Å². The molecule has 0 saturated heterocycles. The maximum absolute atomic E-state index is 6.07. The van der Waals surface area contributed by atoms with Crippen LogP contribution in [0.4, 0.5) is 0 Å². The van der Waals surface area contributed by atoms with E-state index in [4.69, 9.17) is 16.6 Å². The van der Waals surface area contributed by atoms with Crippen LogP contribution in [0.25, 0.3) is 0 Å². The molecule has 0 bridgehead atoms. The van der Waals surface area contributed by atoms with Gasteiger partial charge in [-0.05, 0) is 55.2 Å². The van der Waals surface area contributed by atoms with Gasteiger partial charge in [-0.1, -0.05) is 23.7 Å². The van der Waals surface area contributed by atoms with Crippen LogP contribution >= 0.6 is 35.6 Å². The summed E-state index contributed by atoms with van der Waals surface area (Å²) in [4.78, 5) is 11.0. The summed E-state index contributed by atoms with van der Waals surface area (Å²) in [5, 5.41) is 4.11. The zero-order chi connectivity index (χ0) is 17.4. The molecule has 0 saturated carbocycles. The first kappa shape index (κ1) is 21.7. The van der Waals surface area contributed by atoms with E-state index >= 15 is 0 Å². The second-order valence-corrected chi connectivity index (χ2v) is 6.21. The molecule has 6 heteroatoms. The number of hydrogen-bond donors (Lipinski definition) is 1. The lowest BCUT2D eigenvalue weighted by molar-refractivity contribution is 0.477. The normalized spacial score (nSPS) is 11.0. The van der Waals surface area contributed by atoms with Gasteiger partial charge in [-0.15, -0.1) is 24.0 Å². The molecule has 1 aromatic heterocycles. The largest absolute Gasteiger partial charge is 0.357 e. The Labute approximate surface area is 172 Å². The monoisotopic (exact) mass is 472 g/mol. The quantitative estimate of drug-likeness (QED) is 0.387. The number of nitrogens with zero attached hydrogens (tertiary/aromatic N) is 3. The first-order chi connectivity index (χ1) is 11.6. The van der Waals surface area contributed by atoms with Crippen molar-refractivity contribution in [1.82, 2.24) is 15.2 Å². The second kappa shape index (κ2) is 11.3. The Kier molecular flexibility index (Phi) is 9.82. The van der Waals surface area contributed by atoms with Crippen LogP contribution < -0.4 is 5.32 Å². The lowest BCUT2D eigenvalue weighted by Gasteiger charge is -2.22. The van der Waals surface area contributed by atoms with E-state index < -0.39 is 0 Å². The predicted molar refractivity (Wildman–Crippen MR) is 117 cm³/mol. The van der Waals surface area contributed by atoms with E-state index in [0.717, 1.165) is 37.0 Å². The molecule has 0 aliphatic heterocycles. The van der Waals surface area contributed by atoms with Gasteiger partial charge in [0.2, 0.25) is 0 Å². The molecule has 0 aliphatic rings. The van der Waals surface area contributed by atoms with Gasteiger partial charge in [-0.25, -0.2) is 0 Å². The number of aryl methyl sites for hydroxylation is 1. The minimum atomic E-state index is 0. The molecule has 1 heterocycles. The molecule has 1 N–H and O–H groups in total. The molecule has 0 spiro atoms. The molecular formula is C19H26ClIN4. The van der Waals surface area contributed by atoms with E-state index in [0.29, 0.717) is 0 Å². The molecule has 0 amide bonds. The smallest absolute Gasteiger partial charge is 0.193 e. The lowest BCUT2D eigenvalue weighted by Crippen LogP contribution is -2.38. The summed E-state index contributed by atoms with van der Waals surface area (Å²) in [5.74, 6) is 0.907. The highest BCUT2D eigenvalue weighted by atomic mass is 127. The molecular weight excluding hydrogens is 447 g/mol. The molecule has 0 unspecified atom stereocenters. The molecule has 0 aliphatic carbocycles. The summed E-state index contributed by atoms with van der Waals surface area (Å²) in [7, 11) is 2.04. The van der Waals surface area contributed by atoms with Gasteiger partial charge in [0.15, 0.2) is 5.96 Å². The van der Waals surface area contributed by atoms with E-state index in [1.54, 1.807) is 0 Å². The minimum absolute atomic E-state index is 0. The molecule has 4 nitrogen and oxygen atoms in total. The number of benzene rings is 1. The fourth-order valence-electron chi connectivity index (χ4n) is 2.52. The van der Waals surface area contributed by atoms with Crippen molar-refractivity contribution in [3.8, 4) is 0 Å². The molecule has 136 valence electrons. The second-order valence-electron chi connectivity index (χ2n) is 5.77. The van der Waals surface area contributed by atoms with Crippen LogP contribution in [0.2, 0.25) is 5.02 Å². The van der Waals surface area contributed by atoms with Crippen molar-refractivity contribution in [2.75, 3.05) is 20.1 Å². The molecule has 0 radical (unpaired) electrons. The summed E-state index contributed by atoms with van der Waals surface area (Å²) < 4.78 is 0. The number of rotatable bonds is 6. The average molecular weight is 473 g/mol. The molecule has 0 fully saturated rings. The van der Waals surface area contributed by atoms with Gasteiger partial charge in [0.05, 0.1) is 0 Å². The van der Waals surface area contributed by atoms with Gasteiger partial charge in [0.1, 0.15) is 0 Å². The number of halogens is 2. The third-order valence-corrected chi connectivity index (χ3v) is 4.02. The van der Waals surface area contributed by atoms with E-state index in [9.17, 15) is 0 Å². The molecule has 2 rings (SSSR count). The van der Waals surface area contributed by atoms with Crippen LogP contribution in [0, 0.1) is 6.92 Å². The first-order valence-corrected chi connectivity index (χ1v) is 8.61. The summed E-state index contributed by atoms with van der Waals surface area (Å²) in [6, 6.07) is 9.99. The van der Waals surface area contributed by atoms with Crippen LogP contribution in [0.3, 0.4) is 0 Å².